The van der Waals surface area contributed by atoms with E-state index in [4.69, 9.17) is 5.41 Å². The molecular formula is C23H28N2. The summed E-state index contributed by atoms with van der Waals surface area (Å²) in [7, 11) is 4.19. The van der Waals surface area contributed by atoms with Crippen molar-refractivity contribution in [2.24, 2.45) is 5.41 Å². The van der Waals surface area contributed by atoms with Gasteiger partial charge in [-0.25, -0.2) is 0 Å². The van der Waals surface area contributed by atoms with Crippen molar-refractivity contribution in [1.29, 1.82) is 5.41 Å². The highest BCUT2D eigenvalue weighted by molar-refractivity contribution is 6.06. The van der Waals surface area contributed by atoms with E-state index in [-0.39, 0.29) is 11.3 Å². The Balaban J connectivity index is 2.11. The summed E-state index contributed by atoms with van der Waals surface area (Å²) in [5.41, 5.74) is 4.19. The van der Waals surface area contributed by atoms with E-state index in [1.165, 1.54) is 21.9 Å². The van der Waals surface area contributed by atoms with Crippen LogP contribution in [-0.4, -0.2) is 31.3 Å². The predicted molar refractivity (Wildman–Crippen MR) is 109 cm³/mol. The summed E-state index contributed by atoms with van der Waals surface area (Å²) < 4.78 is 0. The van der Waals surface area contributed by atoms with Crippen LogP contribution < -0.4 is 0 Å². The fourth-order valence-corrected chi connectivity index (χ4v) is 3.39. The van der Waals surface area contributed by atoms with Crippen LogP contribution in [0.15, 0.2) is 60.2 Å². The van der Waals surface area contributed by atoms with E-state index in [1.54, 1.807) is 0 Å². The lowest BCUT2D eigenvalue weighted by atomic mass is 9.80. The first-order valence-corrected chi connectivity index (χ1v) is 8.91. The van der Waals surface area contributed by atoms with Gasteiger partial charge in [0.2, 0.25) is 0 Å². The lowest BCUT2D eigenvalue weighted by Crippen LogP contribution is -2.22. The van der Waals surface area contributed by atoms with E-state index in [0.29, 0.717) is 5.71 Å². The molecule has 1 aliphatic carbocycles. The number of nitrogens with zero attached hydrogens (tertiary/aromatic N) is 1. The van der Waals surface area contributed by atoms with Crippen LogP contribution >= 0.6 is 0 Å². The molecule has 1 N–H and O–H groups in total. The fraction of sp³-hybridized carbons (Fsp3) is 0.348. The summed E-state index contributed by atoms with van der Waals surface area (Å²) >= 11 is 0. The SMILES string of the molecule is CN(C)CC1=CC(c2cc3ccccc3cc2C(=N)C(C)(C)C)C=C1. The van der Waals surface area contributed by atoms with Crippen LogP contribution in [0.5, 0.6) is 0 Å². The molecule has 1 aliphatic rings. The topological polar surface area (TPSA) is 27.1 Å². The number of fused-ring (bicyclic) bond motifs is 1. The lowest BCUT2D eigenvalue weighted by molar-refractivity contribution is 0.449. The molecule has 0 bridgehead atoms. The average Bonchev–Trinajstić information content (AvgIpc) is 2.99. The highest BCUT2D eigenvalue weighted by Gasteiger charge is 2.25. The second-order valence-electron chi connectivity index (χ2n) is 8.28. The molecule has 0 fully saturated rings. The molecule has 0 saturated heterocycles. The van der Waals surface area contributed by atoms with Gasteiger partial charge >= 0.3 is 0 Å². The van der Waals surface area contributed by atoms with E-state index in [9.17, 15) is 0 Å². The Morgan fingerprint density at radius 2 is 1.72 bits per heavy atom. The van der Waals surface area contributed by atoms with Crippen LogP contribution in [0.1, 0.15) is 37.8 Å². The van der Waals surface area contributed by atoms with E-state index in [0.717, 1.165) is 12.1 Å². The first-order chi connectivity index (χ1) is 11.8. The number of hydrogen-bond donors (Lipinski definition) is 1. The van der Waals surface area contributed by atoms with Gasteiger partial charge in [-0.2, -0.15) is 0 Å². The molecular weight excluding hydrogens is 304 g/mol. The highest BCUT2D eigenvalue weighted by Crippen LogP contribution is 2.35. The van der Waals surface area contributed by atoms with Gasteiger partial charge in [-0.15, -0.1) is 0 Å². The van der Waals surface area contributed by atoms with Crippen LogP contribution in [-0.2, 0) is 0 Å². The third kappa shape index (κ3) is 3.74. The van der Waals surface area contributed by atoms with Gasteiger partial charge in [-0.1, -0.05) is 63.3 Å². The molecule has 0 aliphatic heterocycles. The minimum absolute atomic E-state index is 0.171. The third-order valence-electron chi connectivity index (χ3n) is 4.71. The van der Waals surface area contributed by atoms with Gasteiger partial charge in [0, 0.05) is 29.2 Å². The molecule has 2 aromatic carbocycles. The van der Waals surface area contributed by atoms with E-state index >= 15 is 0 Å². The monoisotopic (exact) mass is 332 g/mol. The zero-order chi connectivity index (χ0) is 18.2. The molecule has 3 rings (SSSR count). The van der Waals surface area contributed by atoms with Crippen molar-refractivity contribution >= 4 is 16.5 Å². The molecule has 130 valence electrons. The Morgan fingerprint density at radius 1 is 1.08 bits per heavy atom. The van der Waals surface area contributed by atoms with Gasteiger partial charge in [0.15, 0.2) is 0 Å². The molecule has 0 spiro atoms. The Kier molecular flexibility index (Phi) is 4.66. The summed E-state index contributed by atoms with van der Waals surface area (Å²) in [6.07, 6.45) is 6.83. The maximum Gasteiger partial charge on any atom is 0.0442 e. The first-order valence-electron chi connectivity index (χ1n) is 8.91. The van der Waals surface area contributed by atoms with E-state index in [1.807, 2.05) is 0 Å². The van der Waals surface area contributed by atoms with Crippen molar-refractivity contribution < 1.29 is 0 Å². The van der Waals surface area contributed by atoms with Crippen LogP contribution in [0.3, 0.4) is 0 Å². The molecule has 0 aromatic heterocycles. The smallest absolute Gasteiger partial charge is 0.0442 e. The summed E-state index contributed by atoms with van der Waals surface area (Å²) in [4.78, 5) is 2.19. The van der Waals surface area contributed by atoms with Crippen LogP contribution in [0.2, 0.25) is 0 Å². The predicted octanol–water partition coefficient (Wildman–Crippen LogP) is 5.40. The number of likely N-dealkylation sites (N-methyl/N-ethyl adjacent to an activating group) is 1. The minimum Gasteiger partial charge on any atom is -0.305 e. The largest absolute Gasteiger partial charge is 0.305 e. The number of benzene rings is 2. The quantitative estimate of drug-likeness (QED) is 0.746. The average molecular weight is 332 g/mol. The molecule has 0 amide bonds. The van der Waals surface area contributed by atoms with Gasteiger partial charge < -0.3 is 10.3 Å². The van der Waals surface area contributed by atoms with Crippen molar-refractivity contribution in [3.8, 4) is 0 Å². The van der Waals surface area contributed by atoms with Crippen molar-refractivity contribution in [3.05, 3.63) is 71.3 Å². The third-order valence-corrected chi connectivity index (χ3v) is 4.71. The van der Waals surface area contributed by atoms with Gasteiger partial charge in [-0.05, 0) is 48.1 Å². The Morgan fingerprint density at radius 3 is 2.32 bits per heavy atom. The summed E-state index contributed by atoms with van der Waals surface area (Å²) in [6, 6.07) is 12.9. The zero-order valence-corrected chi connectivity index (χ0v) is 15.9. The minimum atomic E-state index is -0.171. The van der Waals surface area contributed by atoms with Gasteiger partial charge in [0.25, 0.3) is 0 Å². The van der Waals surface area contributed by atoms with Crippen molar-refractivity contribution in [3.63, 3.8) is 0 Å². The fourth-order valence-electron chi connectivity index (χ4n) is 3.39. The molecule has 1 atom stereocenters. The van der Waals surface area contributed by atoms with Gasteiger partial charge in [0.1, 0.15) is 0 Å². The first kappa shape index (κ1) is 17.6. The highest BCUT2D eigenvalue weighted by atomic mass is 15.0. The lowest BCUT2D eigenvalue weighted by Gasteiger charge is -2.24. The molecule has 1 unspecified atom stereocenters. The van der Waals surface area contributed by atoms with Gasteiger partial charge in [-0.3, -0.25) is 0 Å². The summed E-state index contributed by atoms with van der Waals surface area (Å²) in [5, 5.41) is 11.2. The molecule has 2 aromatic rings. The molecule has 2 heteroatoms. The Labute approximate surface area is 151 Å². The zero-order valence-electron chi connectivity index (χ0n) is 15.9. The normalized spacial score (nSPS) is 17.4. The number of rotatable bonds is 4. The van der Waals surface area contributed by atoms with Crippen LogP contribution in [0.25, 0.3) is 10.8 Å². The number of hydrogen-bond acceptors (Lipinski definition) is 2. The molecule has 25 heavy (non-hydrogen) atoms. The number of nitrogens with one attached hydrogen (secondary N) is 1. The Hall–Kier alpha value is -2.19. The second kappa shape index (κ2) is 6.61. The van der Waals surface area contributed by atoms with Crippen LogP contribution in [0.4, 0.5) is 0 Å². The maximum atomic E-state index is 8.77. The van der Waals surface area contributed by atoms with E-state index < -0.39 is 0 Å². The summed E-state index contributed by atoms with van der Waals surface area (Å²) in [6.45, 7) is 7.30. The standard InChI is InChI=1S/C23H28N2/c1-23(2,3)22(24)21-14-18-9-7-6-8-17(18)13-20(21)19-11-10-16(12-19)15-25(4)5/h6-14,19,24H,15H2,1-5H3. The molecule has 0 radical (unpaired) electrons. The van der Waals surface area contributed by atoms with Crippen molar-refractivity contribution in [1.82, 2.24) is 4.90 Å². The van der Waals surface area contributed by atoms with Crippen LogP contribution in [0, 0.1) is 10.8 Å². The van der Waals surface area contributed by atoms with Crippen molar-refractivity contribution in [2.75, 3.05) is 20.6 Å². The van der Waals surface area contributed by atoms with Crippen molar-refractivity contribution in [2.45, 2.75) is 26.7 Å². The van der Waals surface area contributed by atoms with Gasteiger partial charge in [0.05, 0.1) is 0 Å². The van der Waals surface area contributed by atoms with E-state index in [2.05, 4.69) is 94.4 Å². The number of allylic oxidation sites excluding steroid dienone is 2. The maximum absolute atomic E-state index is 8.77. The molecule has 2 nitrogen and oxygen atoms in total. The summed E-state index contributed by atoms with van der Waals surface area (Å²) in [5.74, 6) is 0.247. The molecule has 0 saturated carbocycles. The Bertz CT molecular complexity index is 863. The second-order valence-corrected chi connectivity index (χ2v) is 8.28. The molecule has 0 heterocycles.